The van der Waals surface area contributed by atoms with E-state index in [1.807, 2.05) is 42.5 Å². The van der Waals surface area contributed by atoms with E-state index >= 15 is 0 Å². The Kier molecular flexibility index (Phi) is 4.10. The molecule has 0 atom stereocenters. The first-order chi connectivity index (χ1) is 12.7. The second-order valence-electron chi connectivity index (χ2n) is 5.71. The standard InChI is InChI=1S/C20H15N3O2S/c1-25-20(24)13-8-6-12(7-9-13)14-10-15(18(21)22-11-14)19-23-16-4-2-3-5-17(16)26-19/h2-11H,1H3,(H2,21,22). The third-order valence-corrected chi connectivity index (χ3v) is 5.15. The average Bonchev–Trinajstić information content (AvgIpc) is 3.12. The number of ether oxygens (including phenoxy) is 1. The lowest BCUT2D eigenvalue weighted by Gasteiger charge is -2.07. The second-order valence-corrected chi connectivity index (χ2v) is 6.74. The molecule has 0 aliphatic rings. The number of carbonyl (C=O) groups is 1. The Balaban J connectivity index is 1.75. The molecule has 0 unspecified atom stereocenters. The third kappa shape index (κ3) is 2.91. The molecule has 0 radical (unpaired) electrons. The summed E-state index contributed by atoms with van der Waals surface area (Å²) < 4.78 is 5.83. The zero-order valence-corrected chi connectivity index (χ0v) is 14.8. The van der Waals surface area contributed by atoms with Gasteiger partial charge in [-0.05, 0) is 35.9 Å². The molecule has 5 nitrogen and oxygen atoms in total. The number of hydrogen-bond donors (Lipinski definition) is 1. The Bertz CT molecular complexity index is 1070. The number of anilines is 1. The molecule has 0 fully saturated rings. The molecule has 2 N–H and O–H groups in total. The quantitative estimate of drug-likeness (QED) is 0.547. The summed E-state index contributed by atoms with van der Waals surface area (Å²) in [6.45, 7) is 0. The van der Waals surface area contributed by atoms with Crippen molar-refractivity contribution in [1.82, 2.24) is 9.97 Å². The van der Waals surface area contributed by atoms with E-state index in [0.717, 1.165) is 31.9 Å². The van der Waals surface area contributed by atoms with Crippen LogP contribution >= 0.6 is 11.3 Å². The fourth-order valence-corrected chi connectivity index (χ4v) is 3.70. The van der Waals surface area contributed by atoms with E-state index in [0.29, 0.717) is 11.4 Å². The van der Waals surface area contributed by atoms with Crippen molar-refractivity contribution in [3.8, 4) is 21.7 Å². The fourth-order valence-electron chi connectivity index (χ4n) is 2.71. The molecule has 6 heteroatoms. The summed E-state index contributed by atoms with van der Waals surface area (Å²) >= 11 is 1.59. The van der Waals surface area contributed by atoms with Crippen molar-refractivity contribution in [3.05, 3.63) is 66.4 Å². The van der Waals surface area contributed by atoms with Crippen LogP contribution in [0.2, 0.25) is 0 Å². The van der Waals surface area contributed by atoms with Gasteiger partial charge in [-0.25, -0.2) is 14.8 Å². The minimum absolute atomic E-state index is 0.359. The van der Waals surface area contributed by atoms with Crippen LogP contribution in [0, 0.1) is 0 Å². The van der Waals surface area contributed by atoms with E-state index in [4.69, 9.17) is 10.5 Å². The highest BCUT2D eigenvalue weighted by Crippen LogP contribution is 2.34. The molecule has 4 rings (SSSR count). The number of aromatic nitrogens is 2. The number of hydrogen-bond acceptors (Lipinski definition) is 6. The zero-order chi connectivity index (χ0) is 18.1. The topological polar surface area (TPSA) is 78.1 Å². The van der Waals surface area contributed by atoms with Gasteiger partial charge in [-0.1, -0.05) is 24.3 Å². The van der Waals surface area contributed by atoms with Crippen LogP contribution in [0.5, 0.6) is 0 Å². The molecule has 26 heavy (non-hydrogen) atoms. The summed E-state index contributed by atoms with van der Waals surface area (Å²) in [5.41, 5.74) is 10.2. The van der Waals surface area contributed by atoms with E-state index in [1.165, 1.54) is 7.11 Å². The molecule has 128 valence electrons. The Labute approximate surface area is 154 Å². The maximum Gasteiger partial charge on any atom is 0.337 e. The lowest BCUT2D eigenvalue weighted by molar-refractivity contribution is 0.0601. The first kappa shape index (κ1) is 16.2. The van der Waals surface area contributed by atoms with Gasteiger partial charge in [0.1, 0.15) is 10.8 Å². The van der Waals surface area contributed by atoms with E-state index in [2.05, 4.69) is 9.97 Å². The molecule has 0 aliphatic carbocycles. The Hall–Kier alpha value is -3.25. The van der Waals surface area contributed by atoms with Crippen LogP contribution in [-0.2, 0) is 4.74 Å². The van der Waals surface area contributed by atoms with Crippen LogP contribution in [0.4, 0.5) is 5.82 Å². The largest absolute Gasteiger partial charge is 0.465 e. The predicted molar refractivity (Wildman–Crippen MR) is 104 cm³/mol. The molecular weight excluding hydrogens is 346 g/mol. The first-order valence-corrected chi connectivity index (χ1v) is 8.77. The number of thiazole rings is 1. The SMILES string of the molecule is COC(=O)c1ccc(-c2cnc(N)c(-c3nc4ccccc4s3)c2)cc1. The van der Waals surface area contributed by atoms with Gasteiger partial charge in [0, 0.05) is 11.8 Å². The Morgan fingerprint density at radius 1 is 1.08 bits per heavy atom. The summed E-state index contributed by atoms with van der Waals surface area (Å²) in [6.07, 6.45) is 1.72. The number of benzene rings is 2. The number of rotatable bonds is 3. The highest BCUT2D eigenvalue weighted by Gasteiger charge is 2.12. The number of fused-ring (bicyclic) bond motifs is 1. The van der Waals surface area contributed by atoms with Gasteiger partial charge in [0.15, 0.2) is 0 Å². The summed E-state index contributed by atoms with van der Waals surface area (Å²) in [4.78, 5) is 20.6. The van der Waals surface area contributed by atoms with Gasteiger partial charge in [-0.3, -0.25) is 0 Å². The summed E-state index contributed by atoms with van der Waals surface area (Å²) in [7, 11) is 1.37. The molecule has 0 spiro atoms. The molecule has 2 aromatic carbocycles. The monoisotopic (exact) mass is 361 g/mol. The number of methoxy groups -OCH3 is 1. The number of pyridine rings is 1. The molecule has 0 saturated carbocycles. The lowest BCUT2D eigenvalue weighted by atomic mass is 10.0. The number of esters is 1. The Morgan fingerprint density at radius 3 is 2.58 bits per heavy atom. The van der Waals surface area contributed by atoms with Gasteiger partial charge in [-0.2, -0.15) is 0 Å². The molecule has 0 aliphatic heterocycles. The van der Waals surface area contributed by atoms with Crippen molar-refractivity contribution in [2.24, 2.45) is 0 Å². The highest BCUT2D eigenvalue weighted by atomic mass is 32.1. The van der Waals surface area contributed by atoms with E-state index in [-0.39, 0.29) is 5.97 Å². The minimum atomic E-state index is -0.359. The molecule has 0 bridgehead atoms. The van der Waals surface area contributed by atoms with Gasteiger partial charge in [-0.15, -0.1) is 11.3 Å². The van der Waals surface area contributed by atoms with E-state index < -0.39 is 0 Å². The number of nitrogens with zero attached hydrogens (tertiary/aromatic N) is 2. The van der Waals surface area contributed by atoms with Crippen LogP contribution in [0.3, 0.4) is 0 Å². The smallest absolute Gasteiger partial charge is 0.337 e. The van der Waals surface area contributed by atoms with E-state index in [9.17, 15) is 4.79 Å². The predicted octanol–water partition coefficient (Wildman–Crippen LogP) is 4.39. The fraction of sp³-hybridized carbons (Fsp3) is 0.0500. The van der Waals surface area contributed by atoms with Gasteiger partial charge in [0.25, 0.3) is 0 Å². The maximum absolute atomic E-state index is 11.6. The lowest BCUT2D eigenvalue weighted by Crippen LogP contribution is -2.00. The summed E-state index contributed by atoms with van der Waals surface area (Å²) in [5, 5.41) is 0.837. The van der Waals surface area contributed by atoms with Gasteiger partial charge >= 0.3 is 5.97 Å². The molecule has 0 amide bonds. The molecule has 4 aromatic rings. The molecule has 2 aromatic heterocycles. The zero-order valence-electron chi connectivity index (χ0n) is 14.0. The van der Waals surface area contributed by atoms with Crippen molar-refractivity contribution in [1.29, 1.82) is 0 Å². The molecule has 0 saturated heterocycles. The van der Waals surface area contributed by atoms with Crippen molar-refractivity contribution in [2.75, 3.05) is 12.8 Å². The van der Waals surface area contributed by atoms with Crippen LogP contribution < -0.4 is 5.73 Å². The normalized spacial score (nSPS) is 10.8. The van der Waals surface area contributed by atoms with Crippen LogP contribution in [0.15, 0.2) is 60.8 Å². The Morgan fingerprint density at radius 2 is 1.85 bits per heavy atom. The van der Waals surface area contributed by atoms with Crippen molar-refractivity contribution in [3.63, 3.8) is 0 Å². The summed E-state index contributed by atoms with van der Waals surface area (Å²) in [5.74, 6) is 0.0844. The summed E-state index contributed by atoms with van der Waals surface area (Å²) in [6, 6.07) is 17.1. The highest BCUT2D eigenvalue weighted by molar-refractivity contribution is 7.21. The van der Waals surface area contributed by atoms with Crippen LogP contribution in [-0.4, -0.2) is 23.0 Å². The van der Waals surface area contributed by atoms with E-state index in [1.54, 1.807) is 29.7 Å². The van der Waals surface area contributed by atoms with Crippen LogP contribution in [0.25, 0.3) is 31.9 Å². The third-order valence-electron chi connectivity index (χ3n) is 4.08. The number of nitrogen functional groups attached to an aromatic ring is 1. The van der Waals surface area contributed by atoms with Crippen LogP contribution in [0.1, 0.15) is 10.4 Å². The maximum atomic E-state index is 11.6. The average molecular weight is 361 g/mol. The van der Waals surface area contributed by atoms with Crippen molar-refractivity contribution >= 4 is 33.3 Å². The van der Waals surface area contributed by atoms with Crippen molar-refractivity contribution in [2.45, 2.75) is 0 Å². The molecular formula is C20H15N3O2S. The van der Waals surface area contributed by atoms with Gasteiger partial charge in [0.05, 0.1) is 28.5 Å². The number of nitrogens with two attached hydrogens (primary N) is 1. The van der Waals surface area contributed by atoms with Gasteiger partial charge in [0.2, 0.25) is 0 Å². The first-order valence-electron chi connectivity index (χ1n) is 7.96. The molecule has 2 heterocycles. The van der Waals surface area contributed by atoms with Crippen molar-refractivity contribution < 1.29 is 9.53 Å². The second kappa shape index (κ2) is 6.57. The number of para-hydroxylation sites is 1. The van der Waals surface area contributed by atoms with Gasteiger partial charge < -0.3 is 10.5 Å². The minimum Gasteiger partial charge on any atom is -0.465 e. The number of carbonyl (C=O) groups excluding carboxylic acids is 1.